The van der Waals surface area contributed by atoms with Crippen LogP contribution in [0.3, 0.4) is 0 Å². The summed E-state index contributed by atoms with van der Waals surface area (Å²) in [4.78, 5) is 6.76. The summed E-state index contributed by atoms with van der Waals surface area (Å²) in [5.74, 6) is 1.22. The van der Waals surface area contributed by atoms with Crippen LogP contribution in [0.15, 0.2) is 18.3 Å². The van der Waals surface area contributed by atoms with E-state index in [1.807, 2.05) is 31.1 Å². The average Bonchev–Trinajstić information content (AvgIpc) is 2.36. The van der Waals surface area contributed by atoms with Gasteiger partial charge in [0.1, 0.15) is 0 Å². The van der Waals surface area contributed by atoms with E-state index in [4.69, 9.17) is 0 Å². The van der Waals surface area contributed by atoms with Crippen LogP contribution in [0.1, 0.15) is 19.0 Å². The van der Waals surface area contributed by atoms with E-state index >= 15 is 0 Å². The fraction of sp³-hybridized carbons (Fsp3) is 0.615. The largest absolute Gasteiger partial charge is 0.388 e. The van der Waals surface area contributed by atoms with Crippen molar-refractivity contribution >= 4 is 17.4 Å². The lowest BCUT2D eigenvalue weighted by Crippen LogP contribution is -2.29. The number of rotatable bonds is 7. The monoisotopic (exact) mass is 253 g/mol. The average molecular weight is 253 g/mol. The lowest BCUT2D eigenvalue weighted by atomic mass is 10.2. The van der Waals surface area contributed by atoms with Gasteiger partial charge in [0.2, 0.25) is 0 Å². The summed E-state index contributed by atoms with van der Waals surface area (Å²) in [5.41, 5.74) is 2.25. The molecule has 1 rings (SSSR count). The molecule has 1 aromatic heterocycles. The molecule has 1 N–H and O–H groups in total. The highest BCUT2D eigenvalue weighted by molar-refractivity contribution is 7.98. The van der Waals surface area contributed by atoms with E-state index in [9.17, 15) is 0 Å². The maximum absolute atomic E-state index is 4.40. The SMILES string of the molecule is CNc1ccnc(CN(C)C(C)CCSC)c1. The highest BCUT2D eigenvalue weighted by Gasteiger charge is 2.09. The molecule has 3 nitrogen and oxygen atoms in total. The van der Waals surface area contributed by atoms with Crippen molar-refractivity contribution in [2.75, 3.05) is 31.4 Å². The number of hydrogen-bond donors (Lipinski definition) is 1. The molecule has 0 saturated carbocycles. The van der Waals surface area contributed by atoms with Crippen molar-refractivity contribution in [1.29, 1.82) is 0 Å². The number of pyridine rings is 1. The van der Waals surface area contributed by atoms with Crippen LogP contribution in [-0.4, -0.2) is 42.0 Å². The van der Waals surface area contributed by atoms with Crippen molar-refractivity contribution in [1.82, 2.24) is 9.88 Å². The van der Waals surface area contributed by atoms with Gasteiger partial charge in [-0.25, -0.2) is 0 Å². The zero-order valence-corrected chi connectivity index (χ0v) is 12.0. The molecule has 1 heterocycles. The van der Waals surface area contributed by atoms with E-state index in [0.717, 1.165) is 17.9 Å². The third-order valence-corrected chi connectivity index (χ3v) is 3.65. The van der Waals surface area contributed by atoms with Crippen LogP contribution < -0.4 is 5.32 Å². The van der Waals surface area contributed by atoms with Gasteiger partial charge in [0, 0.05) is 31.5 Å². The van der Waals surface area contributed by atoms with E-state index in [-0.39, 0.29) is 0 Å². The molecule has 4 heteroatoms. The second-order valence-electron chi connectivity index (χ2n) is 4.33. The van der Waals surface area contributed by atoms with Crippen molar-refractivity contribution in [3.05, 3.63) is 24.0 Å². The molecule has 0 amide bonds. The fourth-order valence-corrected chi connectivity index (χ4v) is 2.22. The predicted octanol–water partition coefficient (Wildman–Crippen LogP) is 2.70. The number of anilines is 1. The second kappa shape index (κ2) is 7.56. The third-order valence-electron chi connectivity index (χ3n) is 3.01. The highest BCUT2D eigenvalue weighted by atomic mass is 32.2. The number of hydrogen-bond acceptors (Lipinski definition) is 4. The van der Waals surface area contributed by atoms with Gasteiger partial charge in [-0.1, -0.05) is 0 Å². The van der Waals surface area contributed by atoms with Crippen molar-refractivity contribution in [2.45, 2.75) is 25.9 Å². The quantitative estimate of drug-likeness (QED) is 0.809. The van der Waals surface area contributed by atoms with E-state index < -0.39 is 0 Å². The molecule has 0 spiro atoms. The Kier molecular flexibility index (Phi) is 6.37. The minimum Gasteiger partial charge on any atom is -0.388 e. The van der Waals surface area contributed by atoms with Crippen molar-refractivity contribution < 1.29 is 0 Å². The van der Waals surface area contributed by atoms with E-state index in [0.29, 0.717) is 6.04 Å². The molecule has 1 aromatic rings. The molecule has 0 bridgehead atoms. The summed E-state index contributed by atoms with van der Waals surface area (Å²) in [7, 11) is 4.10. The molecular formula is C13H23N3S. The molecular weight excluding hydrogens is 230 g/mol. The highest BCUT2D eigenvalue weighted by Crippen LogP contribution is 2.12. The van der Waals surface area contributed by atoms with Crippen LogP contribution in [0.4, 0.5) is 5.69 Å². The first kappa shape index (κ1) is 14.3. The predicted molar refractivity (Wildman–Crippen MR) is 77.7 cm³/mol. The lowest BCUT2D eigenvalue weighted by molar-refractivity contribution is 0.242. The molecule has 0 aliphatic heterocycles. The number of aromatic nitrogens is 1. The Labute approximate surface area is 109 Å². The molecule has 17 heavy (non-hydrogen) atoms. The first-order valence-corrected chi connectivity index (χ1v) is 7.38. The Balaban J connectivity index is 2.51. The topological polar surface area (TPSA) is 28.2 Å². The zero-order chi connectivity index (χ0) is 12.7. The summed E-state index contributed by atoms with van der Waals surface area (Å²) >= 11 is 1.91. The smallest absolute Gasteiger partial charge is 0.0564 e. The lowest BCUT2D eigenvalue weighted by Gasteiger charge is -2.24. The van der Waals surface area contributed by atoms with Crippen LogP contribution in [0, 0.1) is 0 Å². The Morgan fingerprint density at radius 3 is 2.94 bits per heavy atom. The molecule has 1 unspecified atom stereocenters. The molecule has 0 aromatic carbocycles. The van der Waals surface area contributed by atoms with Gasteiger partial charge in [0.15, 0.2) is 0 Å². The Bertz CT molecular complexity index is 330. The molecule has 0 aliphatic rings. The molecule has 0 radical (unpaired) electrons. The molecule has 96 valence electrons. The van der Waals surface area contributed by atoms with Gasteiger partial charge in [-0.15, -0.1) is 0 Å². The van der Waals surface area contributed by atoms with Crippen LogP contribution in [0.5, 0.6) is 0 Å². The van der Waals surface area contributed by atoms with Gasteiger partial charge in [0.25, 0.3) is 0 Å². The molecule has 1 atom stereocenters. The van der Waals surface area contributed by atoms with Crippen LogP contribution in [0.25, 0.3) is 0 Å². The first-order valence-electron chi connectivity index (χ1n) is 5.99. The zero-order valence-electron chi connectivity index (χ0n) is 11.2. The summed E-state index contributed by atoms with van der Waals surface area (Å²) in [6.45, 7) is 3.18. The van der Waals surface area contributed by atoms with E-state index in [2.05, 4.69) is 41.5 Å². The Morgan fingerprint density at radius 1 is 1.53 bits per heavy atom. The summed E-state index contributed by atoms with van der Waals surface area (Å²) in [5, 5.41) is 3.14. The molecule has 0 saturated heterocycles. The minimum atomic E-state index is 0.600. The summed E-state index contributed by atoms with van der Waals surface area (Å²) < 4.78 is 0. The van der Waals surface area contributed by atoms with Crippen LogP contribution >= 0.6 is 11.8 Å². The number of nitrogens with one attached hydrogen (secondary N) is 1. The van der Waals surface area contributed by atoms with Gasteiger partial charge < -0.3 is 5.32 Å². The van der Waals surface area contributed by atoms with Gasteiger partial charge >= 0.3 is 0 Å². The minimum absolute atomic E-state index is 0.600. The number of thioether (sulfide) groups is 1. The maximum atomic E-state index is 4.40. The van der Waals surface area contributed by atoms with Crippen molar-refractivity contribution in [3.8, 4) is 0 Å². The van der Waals surface area contributed by atoms with E-state index in [1.54, 1.807) is 0 Å². The normalized spacial score (nSPS) is 12.8. The Hall–Kier alpha value is -0.740. The van der Waals surface area contributed by atoms with Gasteiger partial charge in [-0.3, -0.25) is 9.88 Å². The standard InChI is InChI=1S/C13H23N3S/c1-11(6-8-17-4)16(3)10-13-9-12(14-2)5-7-15-13/h5,7,9,11H,6,8,10H2,1-4H3,(H,14,15). The van der Waals surface area contributed by atoms with Crippen LogP contribution in [-0.2, 0) is 6.54 Å². The van der Waals surface area contributed by atoms with Gasteiger partial charge in [0.05, 0.1) is 5.69 Å². The van der Waals surface area contributed by atoms with Gasteiger partial charge in [-0.2, -0.15) is 11.8 Å². The molecule has 0 aliphatic carbocycles. The Morgan fingerprint density at radius 2 is 2.29 bits per heavy atom. The van der Waals surface area contributed by atoms with Crippen molar-refractivity contribution in [3.63, 3.8) is 0 Å². The summed E-state index contributed by atoms with van der Waals surface area (Å²) in [6.07, 6.45) is 5.25. The third kappa shape index (κ3) is 4.96. The van der Waals surface area contributed by atoms with E-state index in [1.165, 1.54) is 12.2 Å². The molecule has 0 fully saturated rings. The maximum Gasteiger partial charge on any atom is 0.0564 e. The summed E-state index contributed by atoms with van der Waals surface area (Å²) in [6, 6.07) is 4.70. The van der Waals surface area contributed by atoms with Gasteiger partial charge in [-0.05, 0) is 44.5 Å². The first-order chi connectivity index (χ1) is 8.17. The fourth-order valence-electron chi connectivity index (χ4n) is 1.64. The second-order valence-corrected chi connectivity index (χ2v) is 5.32. The van der Waals surface area contributed by atoms with Crippen molar-refractivity contribution in [2.24, 2.45) is 0 Å². The van der Waals surface area contributed by atoms with Crippen LogP contribution in [0.2, 0.25) is 0 Å². The number of nitrogens with zero attached hydrogens (tertiary/aromatic N) is 2.